The molecule has 0 aromatic heterocycles. The van der Waals surface area contributed by atoms with Crippen LogP contribution < -0.4 is 10.6 Å². The lowest BCUT2D eigenvalue weighted by Gasteiger charge is -2.12. The molecule has 26 heavy (non-hydrogen) atoms. The van der Waals surface area contributed by atoms with Crippen LogP contribution in [0.3, 0.4) is 0 Å². The molecular weight excluding hydrogens is 421 g/mol. The molecule has 0 spiro atoms. The minimum atomic E-state index is -3.37. The summed E-state index contributed by atoms with van der Waals surface area (Å²) in [4.78, 5) is 4.33. The van der Waals surface area contributed by atoms with E-state index >= 15 is 0 Å². The number of benzene rings is 2. The van der Waals surface area contributed by atoms with Crippen molar-refractivity contribution in [1.82, 2.24) is 10.6 Å². The molecule has 0 aliphatic rings. The van der Waals surface area contributed by atoms with Gasteiger partial charge in [0.05, 0.1) is 10.6 Å². The van der Waals surface area contributed by atoms with E-state index in [1.165, 1.54) is 6.07 Å². The fourth-order valence-electron chi connectivity index (χ4n) is 2.30. The van der Waals surface area contributed by atoms with E-state index < -0.39 is 9.84 Å². The summed E-state index contributed by atoms with van der Waals surface area (Å²) in [5.74, 6) is 0.188. The first-order valence-corrected chi connectivity index (χ1v) is 10.5. The molecule has 2 aromatic carbocycles. The Bertz CT molecular complexity index is 855. The normalized spacial score (nSPS) is 12.0. The van der Waals surface area contributed by atoms with Crippen LogP contribution in [0.15, 0.2) is 62.9 Å². The second-order valence-electron chi connectivity index (χ2n) is 5.54. The minimum Gasteiger partial charge on any atom is -0.356 e. The van der Waals surface area contributed by atoms with Crippen molar-refractivity contribution in [3.63, 3.8) is 0 Å². The van der Waals surface area contributed by atoms with E-state index in [0.29, 0.717) is 24.5 Å². The maximum Gasteiger partial charge on any atom is 0.191 e. The number of nitrogens with zero attached hydrogens (tertiary/aromatic N) is 1. The number of guanidine groups is 1. The molecule has 0 atom stereocenters. The van der Waals surface area contributed by atoms with Gasteiger partial charge in [0, 0.05) is 24.6 Å². The zero-order valence-corrected chi connectivity index (χ0v) is 16.8. The van der Waals surface area contributed by atoms with Crippen molar-refractivity contribution in [3.8, 4) is 0 Å². The second kappa shape index (κ2) is 9.68. The molecule has 8 heteroatoms. The average Bonchev–Trinajstić information content (AvgIpc) is 2.62. The van der Waals surface area contributed by atoms with Gasteiger partial charge in [0.25, 0.3) is 0 Å². The van der Waals surface area contributed by atoms with E-state index in [4.69, 9.17) is 0 Å². The van der Waals surface area contributed by atoms with Crippen LogP contribution in [0.4, 0.5) is 4.39 Å². The number of rotatable bonds is 7. The molecule has 0 aliphatic heterocycles. The SMILES string of the molecule is CN=C(NCCc1ccccc1F)NCCS(=O)(=O)c1ccc(Br)cc1. The topological polar surface area (TPSA) is 70.6 Å². The Kier molecular flexibility index (Phi) is 7.59. The first kappa shape index (κ1) is 20.4. The highest BCUT2D eigenvalue weighted by Crippen LogP contribution is 2.15. The van der Waals surface area contributed by atoms with Gasteiger partial charge in [-0.15, -0.1) is 0 Å². The highest BCUT2D eigenvalue weighted by molar-refractivity contribution is 9.10. The van der Waals surface area contributed by atoms with E-state index in [1.54, 1.807) is 49.5 Å². The van der Waals surface area contributed by atoms with Crippen molar-refractivity contribution >= 4 is 31.7 Å². The summed E-state index contributed by atoms with van der Waals surface area (Å²) in [6.45, 7) is 0.706. The lowest BCUT2D eigenvalue weighted by molar-refractivity contribution is 0.594. The van der Waals surface area contributed by atoms with Crippen LogP contribution in [0.1, 0.15) is 5.56 Å². The zero-order chi connectivity index (χ0) is 19.0. The van der Waals surface area contributed by atoms with E-state index in [2.05, 4.69) is 31.6 Å². The molecule has 2 rings (SSSR count). The number of aliphatic imine (C=N–C) groups is 1. The molecule has 2 aromatic rings. The zero-order valence-electron chi connectivity index (χ0n) is 14.4. The van der Waals surface area contributed by atoms with Gasteiger partial charge in [-0.25, -0.2) is 12.8 Å². The van der Waals surface area contributed by atoms with Crippen molar-refractivity contribution in [2.45, 2.75) is 11.3 Å². The van der Waals surface area contributed by atoms with Gasteiger partial charge in [0.2, 0.25) is 0 Å². The Morgan fingerprint density at radius 1 is 1.08 bits per heavy atom. The van der Waals surface area contributed by atoms with Gasteiger partial charge in [-0.1, -0.05) is 34.1 Å². The first-order valence-electron chi connectivity index (χ1n) is 8.08. The molecule has 0 fully saturated rings. The Labute approximate surface area is 161 Å². The summed E-state index contributed by atoms with van der Waals surface area (Å²) >= 11 is 3.28. The van der Waals surface area contributed by atoms with Gasteiger partial charge < -0.3 is 10.6 Å². The first-order chi connectivity index (χ1) is 12.4. The maximum absolute atomic E-state index is 13.6. The third-order valence-electron chi connectivity index (χ3n) is 3.70. The maximum atomic E-state index is 13.6. The van der Waals surface area contributed by atoms with Crippen molar-refractivity contribution in [2.75, 3.05) is 25.9 Å². The molecule has 2 N–H and O–H groups in total. The number of nitrogens with one attached hydrogen (secondary N) is 2. The van der Waals surface area contributed by atoms with Crippen LogP contribution in [-0.4, -0.2) is 40.3 Å². The van der Waals surface area contributed by atoms with Crippen LogP contribution in [0.25, 0.3) is 0 Å². The molecule has 0 saturated carbocycles. The van der Waals surface area contributed by atoms with Gasteiger partial charge in [-0.3, -0.25) is 4.99 Å². The Morgan fingerprint density at radius 3 is 2.38 bits per heavy atom. The summed E-state index contributed by atoms with van der Waals surface area (Å²) in [7, 11) is -1.77. The minimum absolute atomic E-state index is 0.0529. The molecule has 140 valence electrons. The number of halogens is 2. The van der Waals surface area contributed by atoms with Crippen LogP contribution in [-0.2, 0) is 16.3 Å². The van der Waals surface area contributed by atoms with Gasteiger partial charge in [-0.05, 0) is 42.3 Å². The molecule has 0 bridgehead atoms. The molecule has 0 radical (unpaired) electrons. The summed E-state index contributed by atoms with van der Waals surface area (Å²) in [5, 5.41) is 6.01. The third kappa shape index (κ3) is 6.10. The summed E-state index contributed by atoms with van der Waals surface area (Å²) in [6.07, 6.45) is 0.505. The van der Waals surface area contributed by atoms with E-state index in [-0.39, 0.29) is 23.0 Å². The van der Waals surface area contributed by atoms with E-state index in [9.17, 15) is 12.8 Å². The van der Waals surface area contributed by atoms with Crippen LogP contribution in [0.2, 0.25) is 0 Å². The van der Waals surface area contributed by atoms with Crippen LogP contribution in [0, 0.1) is 5.82 Å². The van der Waals surface area contributed by atoms with Gasteiger partial charge in [0.1, 0.15) is 5.82 Å². The molecule has 0 heterocycles. The Morgan fingerprint density at radius 2 is 1.73 bits per heavy atom. The van der Waals surface area contributed by atoms with Gasteiger partial charge in [0.15, 0.2) is 15.8 Å². The number of hydrogen-bond donors (Lipinski definition) is 2. The van der Waals surface area contributed by atoms with Crippen LogP contribution in [0.5, 0.6) is 0 Å². The standard InChI is InChI=1S/C18H21BrFN3O2S/c1-21-18(22-11-10-14-4-2-3-5-17(14)20)23-12-13-26(24,25)16-8-6-15(19)7-9-16/h2-9H,10-13H2,1H3,(H2,21,22,23). The highest BCUT2D eigenvalue weighted by Gasteiger charge is 2.14. The van der Waals surface area contributed by atoms with Crippen LogP contribution >= 0.6 is 15.9 Å². The molecular formula is C18H21BrFN3O2S. The van der Waals surface area contributed by atoms with Crippen molar-refractivity contribution in [3.05, 3.63) is 64.4 Å². The smallest absolute Gasteiger partial charge is 0.191 e. The molecule has 0 saturated heterocycles. The second-order valence-corrected chi connectivity index (χ2v) is 8.56. The fourth-order valence-corrected chi connectivity index (χ4v) is 3.72. The molecule has 0 unspecified atom stereocenters. The fraction of sp³-hybridized carbons (Fsp3) is 0.278. The summed E-state index contributed by atoms with van der Waals surface area (Å²) in [6, 6.07) is 13.1. The lowest BCUT2D eigenvalue weighted by Crippen LogP contribution is -2.40. The largest absolute Gasteiger partial charge is 0.356 e. The third-order valence-corrected chi connectivity index (χ3v) is 5.96. The predicted molar refractivity (Wildman–Crippen MR) is 106 cm³/mol. The van der Waals surface area contributed by atoms with Gasteiger partial charge >= 0.3 is 0 Å². The monoisotopic (exact) mass is 441 g/mol. The molecule has 0 amide bonds. The molecule has 0 aliphatic carbocycles. The van der Waals surface area contributed by atoms with E-state index in [1.807, 2.05) is 0 Å². The summed E-state index contributed by atoms with van der Waals surface area (Å²) < 4.78 is 39.0. The van der Waals surface area contributed by atoms with E-state index in [0.717, 1.165) is 4.47 Å². The van der Waals surface area contributed by atoms with Crippen molar-refractivity contribution < 1.29 is 12.8 Å². The molecule has 5 nitrogen and oxygen atoms in total. The predicted octanol–water partition coefficient (Wildman–Crippen LogP) is 2.77. The number of hydrogen-bond acceptors (Lipinski definition) is 3. The highest BCUT2D eigenvalue weighted by atomic mass is 79.9. The lowest BCUT2D eigenvalue weighted by atomic mass is 10.1. The Hall–Kier alpha value is -1.93. The van der Waals surface area contributed by atoms with Crippen molar-refractivity contribution in [1.29, 1.82) is 0 Å². The summed E-state index contributed by atoms with van der Waals surface area (Å²) in [5.41, 5.74) is 0.619. The van der Waals surface area contributed by atoms with Crippen molar-refractivity contribution in [2.24, 2.45) is 4.99 Å². The van der Waals surface area contributed by atoms with Gasteiger partial charge in [-0.2, -0.15) is 0 Å². The Balaban J connectivity index is 1.80. The average molecular weight is 442 g/mol. The number of sulfone groups is 1. The quantitative estimate of drug-likeness (QED) is 0.511.